The highest BCUT2D eigenvalue weighted by atomic mass is 16.5. The van der Waals surface area contributed by atoms with E-state index in [-0.39, 0.29) is 6.10 Å². The first-order valence-electron chi connectivity index (χ1n) is 5.23. The lowest BCUT2D eigenvalue weighted by Gasteiger charge is -2.12. The Morgan fingerprint density at radius 1 is 1.36 bits per heavy atom. The lowest BCUT2D eigenvalue weighted by Crippen LogP contribution is -2.06. The van der Waals surface area contributed by atoms with Gasteiger partial charge in [0, 0.05) is 5.69 Å². The van der Waals surface area contributed by atoms with Crippen molar-refractivity contribution in [3.8, 4) is 5.75 Å². The lowest BCUT2D eigenvalue weighted by atomic mass is 10.1. The Kier molecular flexibility index (Phi) is 2.36. The van der Waals surface area contributed by atoms with Crippen LogP contribution < -0.4 is 10.5 Å². The molecule has 0 spiro atoms. The zero-order valence-electron chi connectivity index (χ0n) is 8.79. The van der Waals surface area contributed by atoms with Crippen molar-refractivity contribution in [2.24, 2.45) is 0 Å². The molecule has 0 aliphatic heterocycles. The molecule has 2 heteroatoms. The summed E-state index contributed by atoms with van der Waals surface area (Å²) in [4.78, 5) is 0. The number of nitrogens with two attached hydrogens (primary N) is 1. The SMILES string of the molecule is CC(C)Oc1ccc(N)c(C2CC2)c1. The number of anilines is 1. The topological polar surface area (TPSA) is 35.2 Å². The van der Waals surface area contributed by atoms with Crippen LogP contribution in [0.5, 0.6) is 5.75 Å². The standard InChI is InChI=1S/C12H17NO/c1-8(2)14-10-5-6-12(13)11(7-10)9-3-4-9/h5-9H,3-4,13H2,1-2H3. The van der Waals surface area contributed by atoms with Gasteiger partial charge in [0.1, 0.15) is 5.75 Å². The van der Waals surface area contributed by atoms with E-state index in [0.29, 0.717) is 5.92 Å². The fourth-order valence-electron chi connectivity index (χ4n) is 1.65. The summed E-state index contributed by atoms with van der Waals surface area (Å²) >= 11 is 0. The van der Waals surface area contributed by atoms with Crippen LogP contribution in [0, 0.1) is 0 Å². The molecule has 1 saturated carbocycles. The van der Waals surface area contributed by atoms with Crippen LogP contribution in [0.3, 0.4) is 0 Å². The Bertz CT molecular complexity index is 329. The van der Waals surface area contributed by atoms with Crippen molar-refractivity contribution in [1.29, 1.82) is 0 Å². The third kappa shape index (κ3) is 2.00. The minimum absolute atomic E-state index is 0.227. The zero-order valence-corrected chi connectivity index (χ0v) is 8.79. The highest BCUT2D eigenvalue weighted by molar-refractivity contribution is 5.53. The van der Waals surface area contributed by atoms with Gasteiger partial charge in [-0.25, -0.2) is 0 Å². The van der Waals surface area contributed by atoms with Crippen molar-refractivity contribution in [2.75, 3.05) is 5.73 Å². The Morgan fingerprint density at radius 2 is 2.07 bits per heavy atom. The quantitative estimate of drug-likeness (QED) is 0.745. The van der Waals surface area contributed by atoms with Crippen molar-refractivity contribution < 1.29 is 4.74 Å². The molecule has 0 heterocycles. The van der Waals surface area contributed by atoms with Crippen LogP contribution in [-0.4, -0.2) is 6.10 Å². The van der Waals surface area contributed by atoms with Crippen LogP contribution in [0.25, 0.3) is 0 Å². The predicted octanol–water partition coefficient (Wildman–Crippen LogP) is 2.93. The van der Waals surface area contributed by atoms with Gasteiger partial charge in [-0.3, -0.25) is 0 Å². The molecular weight excluding hydrogens is 174 g/mol. The monoisotopic (exact) mass is 191 g/mol. The summed E-state index contributed by atoms with van der Waals surface area (Å²) in [5.74, 6) is 1.63. The van der Waals surface area contributed by atoms with Gasteiger partial charge in [0.15, 0.2) is 0 Å². The van der Waals surface area contributed by atoms with Crippen LogP contribution in [0.4, 0.5) is 5.69 Å². The molecule has 1 aromatic carbocycles. The van der Waals surface area contributed by atoms with E-state index in [0.717, 1.165) is 11.4 Å². The van der Waals surface area contributed by atoms with Crippen LogP contribution >= 0.6 is 0 Å². The Labute approximate surface area is 85.1 Å². The molecule has 0 aromatic heterocycles. The van der Waals surface area contributed by atoms with Crippen LogP contribution in [0.2, 0.25) is 0 Å². The Balaban J connectivity index is 2.21. The largest absolute Gasteiger partial charge is 0.491 e. The van der Waals surface area contributed by atoms with Crippen molar-refractivity contribution in [3.05, 3.63) is 23.8 Å². The Morgan fingerprint density at radius 3 is 2.64 bits per heavy atom. The minimum atomic E-state index is 0.227. The van der Waals surface area contributed by atoms with Gasteiger partial charge >= 0.3 is 0 Å². The first kappa shape index (κ1) is 9.38. The molecule has 2 rings (SSSR count). The van der Waals surface area contributed by atoms with Gasteiger partial charge in [-0.15, -0.1) is 0 Å². The number of rotatable bonds is 3. The molecule has 0 amide bonds. The molecule has 76 valence electrons. The molecule has 0 radical (unpaired) electrons. The second-order valence-corrected chi connectivity index (χ2v) is 4.23. The molecule has 0 saturated heterocycles. The predicted molar refractivity (Wildman–Crippen MR) is 58.6 cm³/mol. The normalized spacial score (nSPS) is 15.9. The maximum absolute atomic E-state index is 5.91. The average molecular weight is 191 g/mol. The number of nitrogen functional groups attached to an aromatic ring is 1. The zero-order chi connectivity index (χ0) is 10.1. The number of hydrogen-bond acceptors (Lipinski definition) is 2. The third-order valence-electron chi connectivity index (χ3n) is 2.45. The van der Waals surface area contributed by atoms with Gasteiger partial charge in [0.2, 0.25) is 0 Å². The first-order chi connectivity index (χ1) is 6.66. The fraction of sp³-hybridized carbons (Fsp3) is 0.500. The second-order valence-electron chi connectivity index (χ2n) is 4.23. The summed E-state index contributed by atoms with van der Waals surface area (Å²) in [6.07, 6.45) is 2.77. The van der Waals surface area contributed by atoms with E-state index in [9.17, 15) is 0 Å². The minimum Gasteiger partial charge on any atom is -0.491 e. The summed E-state index contributed by atoms with van der Waals surface area (Å²) in [6.45, 7) is 4.07. The van der Waals surface area contributed by atoms with Crippen LogP contribution in [-0.2, 0) is 0 Å². The van der Waals surface area contributed by atoms with Gasteiger partial charge in [-0.05, 0) is 56.4 Å². The van der Waals surface area contributed by atoms with Crippen LogP contribution in [0.1, 0.15) is 38.2 Å². The fourth-order valence-corrected chi connectivity index (χ4v) is 1.65. The van der Waals surface area contributed by atoms with E-state index in [2.05, 4.69) is 6.07 Å². The van der Waals surface area contributed by atoms with Gasteiger partial charge in [-0.2, -0.15) is 0 Å². The highest BCUT2D eigenvalue weighted by Gasteiger charge is 2.25. The molecule has 0 atom stereocenters. The summed E-state index contributed by atoms with van der Waals surface area (Å²) in [5, 5.41) is 0. The van der Waals surface area contributed by atoms with Crippen molar-refractivity contribution >= 4 is 5.69 Å². The van der Waals surface area contributed by atoms with Gasteiger partial charge in [-0.1, -0.05) is 0 Å². The van der Waals surface area contributed by atoms with E-state index < -0.39 is 0 Å². The van der Waals surface area contributed by atoms with E-state index in [1.165, 1.54) is 18.4 Å². The molecule has 2 nitrogen and oxygen atoms in total. The average Bonchev–Trinajstić information content (AvgIpc) is 2.90. The van der Waals surface area contributed by atoms with Crippen LogP contribution in [0.15, 0.2) is 18.2 Å². The molecule has 1 fully saturated rings. The smallest absolute Gasteiger partial charge is 0.120 e. The second kappa shape index (κ2) is 3.52. The highest BCUT2D eigenvalue weighted by Crippen LogP contribution is 2.43. The van der Waals surface area contributed by atoms with Crippen molar-refractivity contribution in [1.82, 2.24) is 0 Å². The molecule has 1 aromatic rings. The van der Waals surface area contributed by atoms with Gasteiger partial charge < -0.3 is 10.5 Å². The molecule has 1 aliphatic carbocycles. The van der Waals surface area contributed by atoms with E-state index >= 15 is 0 Å². The summed E-state index contributed by atoms with van der Waals surface area (Å²) < 4.78 is 5.63. The number of benzene rings is 1. The molecular formula is C12H17NO. The maximum Gasteiger partial charge on any atom is 0.120 e. The van der Waals surface area contributed by atoms with Gasteiger partial charge in [0.25, 0.3) is 0 Å². The van der Waals surface area contributed by atoms with E-state index in [1.54, 1.807) is 0 Å². The lowest BCUT2D eigenvalue weighted by molar-refractivity contribution is 0.242. The van der Waals surface area contributed by atoms with E-state index in [4.69, 9.17) is 10.5 Å². The molecule has 0 unspecified atom stereocenters. The Hall–Kier alpha value is -1.18. The number of ether oxygens (including phenoxy) is 1. The van der Waals surface area contributed by atoms with Crippen molar-refractivity contribution in [2.45, 2.75) is 38.7 Å². The summed E-state index contributed by atoms with van der Waals surface area (Å²) in [7, 11) is 0. The third-order valence-corrected chi connectivity index (χ3v) is 2.45. The molecule has 1 aliphatic rings. The summed E-state index contributed by atoms with van der Waals surface area (Å²) in [6, 6.07) is 5.99. The van der Waals surface area contributed by atoms with Crippen molar-refractivity contribution in [3.63, 3.8) is 0 Å². The molecule has 14 heavy (non-hydrogen) atoms. The van der Waals surface area contributed by atoms with Gasteiger partial charge in [0.05, 0.1) is 6.10 Å². The molecule has 2 N–H and O–H groups in total. The maximum atomic E-state index is 5.91. The van der Waals surface area contributed by atoms with E-state index in [1.807, 2.05) is 26.0 Å². The first-order valence-corrected chi connectivity index (χ1v) is 5.23. The molecule has 0 bridgehead atoms. The number of hydrogen-bond donors (Lipinski definition) is 1. The summed E-state index contributed by atoms with van der Waals surface area (Å²) in [5.41, 5.74) is 8.08.